The van der Waals surface area contributed by atoms with E-state index < -0.39 is 0 Å². The van der Waals surface area contributed by atoms with E-state index in [9.17, 15) is 0 Å². The van der Waals surface area contributed by atoms with Crippen LogP contribution in [-0.2, 0) is 0 Å². The van der Waals surface area contributed by atoms with E-state index >= 15 is 0 Å². The Balaban J connectivity index is 2.04. The van der Waals surface area contributed by atoms with Crippen LogP contribution in [0.1, 0.15) is 31.9 Å². The minimum atomic E-state index is 0.523. The van der Waals surface area contributed by atoms with Crippen LogP contribution in [-0.4, -0.2) is 16.3 Å². The van der Waals surface area contributed by atoms with Crippen molar-refractivity contribution in [1.82, 2.24) is 9.78 Å². The molecule has 0 spiro atoms. The Bertz CT molecular complexity index is 555. The molecule has 0 bridgehead atoms. The molecule has 0 aromatic carbocycles. The average molecular weight is 261 g/mol. The first kappa shape index (κ1) is 11.8. The zero-order chi connectivity index (χ0) is 12.7. The molecule has 3 heterocycles. The second-order valence-electron chi connectivity index (χ2n) is 5.13. The number of nitrogens with one attached hydrogen (secondary N) is 1. The third-order valence-electron chi connectivity index (χ3n) is 3.82. The quantitative estimate of drug-likeness (QED) is 0.887. The molecule has 0 amide bonds. The SMILES string of the molecule is CCC1C(C)CNc2cc(-c3sccc3C)nn21. The average Bonchev–Trinajstić information content (AvgIpc) is 2.94. The fourth-order valence-corrected chi connectivity index (χ4v) is 3.63. The van der Waals surface area contributed by atoms with Crippen LogP contribution < -0.4 is 5.32 Å². The van der Waals surface area contributed by atoms with Crippen molar-refractivity contribution >= 4 is 17.2 Å². The van der Waals surface area contributed by atoms with E-state index in [0.29, 0.717) is 12.0 Å². The summed E-state index contributed by atoms with van der Waals surface area (Å²) in [6.45, 7) is 7.74. The Labute approximate surface area is 112 Å². The standard InChI is InChI=1S/C14H19N3S/c1-4-12-10(3)8-15-13-7-11(16-17(12)13)14-9(2)5-6-18-14/h5-7,10,12,15H,4,8H2,1-3H3. The Kier molecular flexibility index (Phi) is 2.90. The number of rotatable bonds is 2. The summed E-state index contributed by atoms with van der Waals surface area (Å²) in [6.07, 6.45) is 1.14. The molecule has 0 radical (unpaired) electrons. The molecule has 0 saturated heterocycles. The molecule has 0 aliphatic carbocycles. The highest BCUT2D eigenvalue weighted by atomic mass is 32.1. The lowest BCUT2D eigenvalue weighted by molar-refractivity contribution is 0.313. The monoisotopic (exact) mass is 261 g/mol. The second-order valence-corrected chi connectivity index (χ2v) is 6.04. The van der Waals surface area contributed by atoms with Gasteiger partial charge >= 0.3 is 0 Å². The molecule has 1 aliphatic rings. The van der Waals surface area contributed by atoms with Gasteiger partial charge in [-0.2, -0.15) is 5.10 Å². The van der Waals surface area contributed by atoms with Crippen LogP contribution in [0.15, 0.2) is 17.5 Å². The van der Waals surface area contributed by atoms with E-state index in [1.807, 2.05) is 0 Å². The summed E-state index contributed by atoms with van der Waals surface area (Å²) in [7, 11) is 0. The predicted molar refractivity (Wildman–Crippen MR) is 77.3 cm³/mol. The number of aryl methyl sites for hydroxylation is 1. The first-order chi connectivity index (χ1) is 8.70. The molecule has 1 N–H and O–H groups in total. The maximum atomic E-state index is 4.82. The number of nitrogens with zero attached hydrogens (tertiary/aromatic N) is 2. The summed E-state index contributed by atoms with van der Waals surface area (Å²) in [4.78, 5) is 1.29. The molecule has 3 rings (SSSR count). The number of aromatic nitrogens is 2. The maximum Gasteiger partial charge on any atom is 0.125 e. The Morgan fingerprint density at radius 3 is 3.06 bits per heavy atom. The smallest absolute Gasteiger partial charge is 0.125 e. The van der Waals surface area contributed by atoms with Gasteiger partial charge in [-0.25, -0.2) is 4.68 Å². The number of hydrogen-bond acceptors (Lipinski definition) is 3. The van der Waals surface area contributed by atoms with Gasteiger partial charge in [-0.05, 0) is 36.3 Å². The van der Waals surface area contributed by atoms with Crippen molar-refractivity contribution in [2.45, 2.75) is 33.2 Å². The summed E-state index contributed by atoms with van der Waals surface area (Å²) in [5.41, 5.74) is 2.43. The van der Waals surface area contributed by atoms with Crippen LogP contribution in [0.2, 0.25) is 0 Å². The highest BCUT2D eigenvalue weighted by Crippen LogP contribution is 2.35. The van der Waals surface area contributed by atoms with Crippen LogP contribution in [0.3, 0.4) is 0 Å². The molecule has 2 atom stereocenters. The summed E-state index contributed by atoms with van der Waals surface area (Å²) in [5.74, 6) is 1.81. The topological polar surface area (TPSA) is 29.9 Å². The lowest BCUT2D eigenvalue weighted by Gasteiger charge is -2.30. The van der Waals surface area contributed by atoms with E-state index in [1.54, 1.807) is 11.3 Å². The third kappa shape index (κ3) is 1.75. The van der Waals surface area contributed by atoms with Crippen LogP contribution in [0.5, 0.6) is 0 Å². The molecule has 4 heteroatoms. The van der Waals surface area contributed by atoms with Gasteiger partial charge in [0.05, 0.1) is 10.9 Å². The molecule has 96 valence electrons. The van der Waals surface area contributed by atoms with E-state index in [1.165, 1.54) is 16.3 Å². The van der Waals surface area contributed by atoms with Gasteiger partial charge in [-0.3, -0.25) is 0 Å². The zero-order valence-electron chi connectivity index (χ0n) is 11.1. The number of fused-ring (bicyclic) bond motifs is 1. The van der Waals surface area contributed by atoms with Crippen molar-refractivity contribution in [3.8, 4) is 10.6 Å². The van der Waals surface area contributed by atoms with Crippen molar-refractivity contribution in [1.29, 1.82) is 0 Å². The van der Waals surface area contributed by atoms with E-state index in [4.69, 9.17) is 5.10 Å². The minimum Gasteiger partial charge on any atom is -0.370 e. The first-order valence-electron chi connectivity index (χ1n) is 6.58. The van der Waals surface area contributed by atoms with Gasteiger partial charge in [0.25, 0.3) is 0 Å². The first-order valence-corrected chi connectivity index (χ1v) is 7.46. The Hall–Kier alpha value is -1.29. The maximum absolute atomic E-state index is 4.82. The summed E-state index contributed by atoms with van der Waals surface area (Å²) < 4.78 is 2.18. The molecule has 3 nitrogen and oxygen atoms in total. The van der Waals surface area contributed by atoms with Crippen LogP contribution >= 0.6 is 11.3 Å². The zero-order valence-corrected chi connectivity index (χ0v) is 11.9. The largest absolute Gasteiger partial charge is 0.370 e. The molecular weight excluding hydrogens is 242 g/mol. The molecule has 0 fully saturated rings. The van der Waals surface area contributed by atoms with Crippen LogP contribution in [0.25, 0.3) is 10.6 Å². The van der Waals surface area contributed by atoms with Gasteiger partial charge in [0.1, 0.15) is 11.5 Å². The predicted octanol–water partition coefficient (Wildman–Crippen LogP) is 3.93. The summed E-state index contributed by atoms with van der Waals surface area (Å²) in [5, 5.41) is 10.4. The van der Waals surface area contributed by atoms with Gasteiger partial charge in [-0.1, -0.05) is 13.8 Å². The summed E-state index contributed by atoms with van der Waals surface area (Å²) in [6, 6.07) is 4.87. The minimum absolute atomic E-state index is 0.523. The van der Waals surface area contributed by atoms with Gasteiger partial charge in [0, 0.05) is 12.6 Å². The highest BCUT2D eigenvalue weighted by molar-refractivity contribution is 7.13. The van der Waals surface area contributed by atoms with Crippen molar-refractivity contribution < 1.29 is 0 Å². The summed E-state index contributed by atoms with van der Waals surface area (Å²) >= 11 is 1.77. The number of hydrogen-bond donors (Lipinski definition) is 1. The van der Waals surface area contributed by atoms with Crippen LogP contribution in [0, 0.1) is 12.8 Å². The normalized spacial score (nSPS) is 22.6. The lowest BCUT2D eigenvalue weighted by atomic mass is 9.98. The van der Waals surface area contributed by atoms with Gasteiger partial charge < -0.3 is 5.32 Å². The van der Waals surface area contributed by atoms with Crippen molar-refractivity contribution in [3.63, 3.8) is 0 Å². The number of thiophene rings is 1. The fraction of sp³-hybridized carbons (Fsp3) is 0.500. The Morgan fingerprint density at radius 1 is 1.56 bits per heavy atom. The van der Waals surface area contributed by atoms with E-state index in [-0.39, 0.29) is 0 Å². The molecule has 0 saturated carbocycles. The lowest BCUT2D eigenvalue weighted by Crippen LogP contribution is -2.30. The van der Waals surface area contributed by atoms with Gasteiger partial charge in [-0.15, -0.1) is 11.3 Å². The van der Waals surface area contributed by atoms with Crippen molar-refractivity contribution in [2.75, 3.05) is 11.9 Å². The molecule has 2 aromatic heterocycles. The molecule has 2 unspecified atom stereocenters. The number of anilines is 1. The molecule has 18 heavy (non-hydrogen) atoms. The molecular formula is C14H19N3S. The van der Waals surface area contributed by atoms with Crippen molar-refractivity contribution in [3.05, 3.63) is 23.1 Å². The van der Waals surface area contributed by atoms with Crippen LogP contribution in [0.4, 0.5) is 5.82 Å². The second kappa shape index (κ2) is 4.43. The van der Waals surface area contributed by atoms with Gasteiger partial charge in [0.2, 0.25) is 0 Å². The van der Waals surface area contributed by atoms with Crippen molar-refractivity contribution in [2.24, 2.45) is 5.92 Å². The van der Waals surface area contributed by atoms with E-state index in [0.717, 1.165) is 18.7 Å². The van der Waals surface area contributed by atoms with Gasteiger partial charge in [0.15, 0.2) is 0 Å². The fourth-order valence-electron chi connectivity index (χ4n) is 2.74. The van der Waals surface area contributed by atoms with E-state index in [2.05, 4.69) is 48.3 Å². The molecule has 1 aliphatic heterocycles. The highest BCUT2D eigenvalue weighted by Gasteiger charge is 2.26. The Morgan fingerprint density at radius 2 is 2.39 bits per heavy atom. The third-order valence-corrected chi connectivity index (χ3v) is 4.86. The molecule has 2 aromatic rings.